The molecule has 1 heterocycles. The Kier molecular flexibility index (Phi) is 5.05. The van der Waals surface area contributed by atoms with Crippen LogP contribution in [0.1, 0.15) is 46.2 Å². The number of hydrogen-bond acceptors (Lipinski definition) is 2. The van der Waals surface area contributed by atoms with Gasteiger partial charge in [0, 0.05) is 27.6 Å². The molecule has 5 aromatic carbocycles. The van der Waals surface area contributed by atoms with Crippen molar-refractivity contribution in [1.29, 1.82) is 0 Å². The molecular formula is C35H28O2. The number of rotatable bonds is 3. The highest BCUT2D eigenvalue weighted by Gasteiger charge is 2.44. The minimum atomic E-state index is -1.07. The van der Waals surface area contributed by atoms with Gasteiger partial charge in [0.15, 0.2) is 5.60 Å². The van der Waals surface area contributed by atoms with Crippen LogP contribution in [0.2, 0.25) is 0 Å². The van der Waals surface area contributed by atoms with Crippen LogP contribution >= 0.6 is 0 Å². The van der Waals surface area contributed by atoms with Crippen LogP contribution < -0.4 is 4.74 Å². The van der Waals surface area contributed by atoms with Crippen LogP contribution in [0.5, 0.6) is 5.75 Å². The van der Waals surface area contributed by atoms with Crippen LogP contribution in [-0.2, 0) is 17.6 Å². The predicted molar refractivity (Wildman–Crippen MR) is 150 cm³/mol. The fourth-order valence-corrected chi connectivity index (χ4v) is 6.39. The van der Waals surface area contributed by atoms with E-state index in [1.165, 1.54) is 5.56 Å². The molecule has 0 amide bonds. The van der Waals surface area contributed by atoms with Crippen LogP contribution in [0, 0.1) is 0 Å². The maximum Gasteiger partial charge on any atom is 0.178 e. The molecule has 0 radical (unpaired) electrons. The Morgan fingerprint density at radius 1 is 0.622 bits per heavy atom. The van der Waals surface area contributed by atoms with Gasteiger partial charge in [-0.15, -0.1) is 0 Å². The van der Waals surface area contributed by atoms with Crippen molar-refractivity contribution in [2.75, 3.05) is 0 Å². The second-order valence-corrected chi connectivity index (χ2v) is 10.1. The third-order valence-corrected chi connectivity index (χ3v) is 8.10. The standard InChI is InChI=1S/C35H28O2/c36-34(25-13-4-1-5-14-25)23-12-21-29-28-19-10-11-20-30(28)33-31(32(29)34)22-24-35(37-33,26-15-6-2-7-16-26)27-17-8-3-9-18-27/h1-11,13-20,22,24,36H,12,21,23H2. The van der Waals surface area contributed by atoms with Gasteiger partial charge in [-0.3, -0.25) is 0 Å². The van der Waals surface area contributed by atoms with Crippen LogP contribution in [-0.4, -0.2) is 5.11 Å². The van der Waals surface area contributed by atoms with Gasteiger partial charge < -0.3 is 9.84 Å². The Morgan fingerprint density at radius 2 is 1.16 bits per heavy atom. The molecule has 5 aromatic rings. The van der Waals surface area contributed by atoms with E-state index in [0.29, 0.717) is 6.42 Å². The molecule has 7 rings (SSSR count). The number of aliphatic hydroxyl groups is 1. The summed E-state index contributed by atoms with van der Waals surface area (Å²) in [7, 11) is 0. The fourth-order valence-electron chi connectivity index (χ4n) is 6.39. The highest BCUT2D eigenvalue weighted by atomic mass is 16.5. The molecule has 1 aliphatic heterocycles. The average Bonchev–Trinajstić information content (AvgIpc) is 2.98. The maximum absolute atomic E-state index is 12.4. The predicted octanol–water partition coefficient (Wildman–Crippen LogP) is 7.76. The van der Waals surface area contributed by atoms with E-state index in [2.05, 4.69) is 84.9 Å². The summed E-state index contributed by atoms with van der Waals surface area (Å²) in [6.45, 7) is 0. The second kappa shape index (κ2) is 8.47. The quantitative estimate of drug-likeness (QED) is 0.286. The Bertz CT molecular complexity index is 1580. The smallest absolute Gasteiger partial charge is 0.178 e. The molecule has 0 aromatic heterocycles. The van der Waals surface area contributed by atoms with Gasteiger partial charge in [0.05, 0.1) is 0 Å². The van der Waals surface area contributed by atoms with Crippen molar-refractivity contribution in [3.63, 3.8) is 0 Å². The Hall–Kier alpha value is -4.14. The summed E-state index contributed by atoms with van der Waals surface area (Å²) in [5.74, 6) is 0.834. The molecule has 2 aliphatic rings. The summed E-state index contributed by atoms with van der Waals surface area (Å²) in [6, 6.07) is 39.4. The SMILES string of the molecule is OC1(c2ccccc2)CCCc2c1c1c(c3ccccc23)OC(c2ccccc2)(c2ccccc2)C=C1. The molecular weight excluding hydrogens is 452 g/mol. The van der Waals surface area contributed by atoms with E-state index in [0.717, 1.165) is 57.2 Å². The molecule has 0 saturated carbocycles. The number of aryl methyl sites for hydroxylation is 1. The number of ether oxygens (including phenoxy) is 1. The second-order valence-electron chi connectivity index (χ2n) is 10.1. The van der Waals surface area contributed by atoms with Crippen molar-refractivity contribution in [3.8, 4) is 5.75 Å². The van der Waals surface area contributed by atoms with E-state index in [1.807, 2.05) is 42.5 Å². The Balaban J connectivity index is 1.55. The van der Waals surface area contributed by atoms with Crippen molar-refractivity contribution in [1.82, 2.24) is 0 Å². The summed E-state index contributed by atoms with van der Waals surface area (Å²) in [5.41, 5.74) is 4.44. The summed E-state index contributed by atoms with van der Waals surface area (Å²) in [4.78, 5) is 0. The Morgan fingerprint density at radius 3 is 1.78 bits per heavy atom. The molecule has 0 saturated heterocycles. The van der Waals surface area contributed by atoms with Gasteiger partial charge in [0.25, 0.3) is 0 Å². The third kappa shape index (κ3) is 3.29. The summed E-state index contributed by atoms with van der Waals surface area (Å²) in [5, 5.41) is 14.6. The third-order valence-electron chi connectivity index (χ3n) is 8.10. The largest absolute Gasteiger partial charge is 0.472 e. The van der Waals surface area contributed by atoms with Gasteiger partial charge in [-0.2, -0.15) is 0 Å². The fraction of sp³-hybridized carbons (Fsp3) is 0.143. The highest BCUT2D eigenvalue weighted by molar-refractivity contribution is 5.97. The molecule has 1 atom stereocenters. The first-order chi connectivity index (χ1) is 18.2. The minimum absolute atomic E-state index is 0.686. The van der Waals surface area contributed by atoms with Crippen molar-refractivity contribution in [3.05, 3.63) is 155 Å². The normalized spacial score (nSPS) is 19.6. The Labute approximate surface area is 217 Å². The van der Waals surface area contributed by atoms with Gasteiger partial charge in [0.2, 0.25) is 0 Å². The van der Waals surface area contributed by atoms with E-state index in [1.54, 1.807) is 0 Å². The highest BCUT2D eigenvalue weighted by Crippen LogP contribution is 2.53. The first-order valence-corrected chi connectivity index (χ1v) is 13.1. The first-order valence-electron chi connectivity index (χ1n) is 13.1. The molecule has 1 unspecified atom stereocenters. The summed E-state index contributed by atoms with van der Waals surface area (Å²) < 4.78 is 7.20. The van der Waals surface area contributed by atoms with Gasteiger partial charge in [-0.05, 0) is 41.9 Å². The van der Waals surface area contributed by atoms with Gasteiger partial charge in [-0.25, -0.2) is 0 Å². The number of hydrogen-bond donors (Lipinski definition) is 1. The molecule has 0 spiro atoms. The molecule has 1 N–H and O–H groups in total. The molecule has 0 fully saturated rings. The van der Waals surface area contributed by atoms with Crippen LogP contribution in [0.4, 0.5) is 0 Å². The lowest BCUT2D eigenvalue weighted by Crippen LogP contribution is -2.37. The lowest BCUT2D eigenvalue weighted by Gasteiger charge is -2.42. The topological polar surface area (TPSA) is 29.5 Å². The maximum atomic E-state index is 12.4. The van der Waals surface area contributed by atoms with Crippen molar-refractivity contribution in [2.24, 2.45) is 0 Å². The van der Waals surface area contributed by atoms with Crippen LogP contribution in [0.25, 0.3) is 16.8 Å². The molecule has 0 bridgehead atoms. The average molecular weight is 481 g/mol. The molecule has 180 valence electrons. The number of benzene rings is 5. The lowest BCUT2D eigenvalue weighted by molar-refractivity contribution is 0.0607. The van der Waals surface area contributed by atoms with Crippen molar-refractivity contribution >= 4 is 16.8 Å². The monoisotopic (exact) mass is 480 g/mol. The summed E-state index contributed by atoms with van der Waals surface area (Å²) >= 11 is 0. The van der Waals surface area contributed by atoms with Crippen molar-refractivity contribution in [2.45, 2.75) is 30.5 Å². The molecule has 37 heavy (non-hydrogen) atoms. The molecule has 1 aliphatic carbocycles. The van der Waals surface area contributed by atoms with E-state index >= 15 is 0 Å². The van der Waals surface area contributed by atoms with Crippen molar-refractivity contribution < 1.29 is 9.84 Å². The van der Waals surface area contributed by atoms with E-state index in [4.69, 9.17) is 4.74 Å². The molecule has 2 heteroatoms. The zero-order valence-corrected chi connectivity index (χ0v) is 20.6. The van der Waals surface area contributed by atoms with Crippen LogP contribution in [0.15, 0.2) is 121 Å². The van der Waals surface area contributed by atoms with Crippen LogP contribution in [0.3, 0.4) is 0 Å². The lowest BCUT2D eigenvalue weighted by atomic mass is 9.70. The zero-order chi connectivity index (χ0) is 24.9. The first kappa shape index (κ1) is 22.1. The van der Waals surface area contributed by atoms with Gasteiger partial charge in [0.1, 0.15) is 11.4 Å². The van der Waals surface area contributed by atoms with Gasteiger partial charge >= 0.3 is 0 Å². The zero-order valence-electron chi connectivity index (χ0n) is 20.6. The van der Waals surface area contributed by atoms with E-state index in [-0.39, 0.29) is 0 Å². The summed E-state index contributed by atoms with van der Waals surface area (Å²) in [6.07, 6.45) is 6.93. The molecule has 2 nitrogen and oxygen atoms in total. The van der Waals surface area contributed by atoms with E-state index < -0.39 is 11.2 Å². The minimum Gasteiger partial charge on any atom is -0.472 e. The van der Waals surface area contributed by atoms with Gasteiger partial charge in [-0.1, -0.05) is 121 Å². The number of fused-ring (bicyclic) bond motifs is 6. The van der Waals surface area contributed by atoms with E-state index in [9.17, 15) is 5.11 Å².